The molecule has 1 unspecified atom stereocenters. The van der Waals surface area contributed by atoms with E-state index in [1.165, 1.54) is 148 Å². The molecule has 0 amide bonds. The Bertz CT molecular complexity index is 1670. The predicted octanol–water partition coefficient (Wildman–Crippen LogP) is 23.6. The quantitative estimate of drug-likeness (QED) is 0.0261. The van der Waals surface area contributed by atoms with Crippen LogP contribution < -0.4 is 0 Å². The maximum absolute atomic E-state index is 12.9. The molecule has 0 rings (SSSR count). The van der Waals surface area contributed by atoms with Gasteiger partial charge in [-0.1, -0.05) is 303 Å². The highest BCUT2D eigenvalue weighted by atomic mass is 16.6. The first-order valence-corrected chi connectivity index (χ1v) is 34.0. The van der Waals surface area contributed by atoms with E-state index in [2.05, 4.69) is 142 Å². The summed E-state index contributed by atoms with van der Waals surface area (Å²) in [7, 11) is 0. The zero-order valence-corrected chi connectivity index (χ0v) is 53.0. The molecule has 0 saturated heterocycles. The molecule has 0 heterocycles. The van der Waals surface area contributed by atoms with Gasteiger partial charge in [0.25, 0.3) is 0 Å². The molecule has 0 aliphatic rings. The maximum Gasteiger partial charge on any atom is 0.306 e. The van der Waals surface area contributed by atoms with Gasteiger partial charge in [0.1, 0.15) is 13.2 Å². The molecule has 0 fully saturated rings. The second-order valence-corrected chi connectivity index (χ2v) is 22.4. The fourth-order valence-electron chi connectivity index (χ4n) is 9.37. The fourth-order valence-corrected chi connectivity index (χ4v) is 9.37. The molecule has 0 aromatic rings. The molecule has 0 aliphatic carbocycles. The number of carbonyl (C=O) groups is 3. The summed E-state index contributed by atoms with van der Waals surface area (Å²) in [6, 6.07) is 0. The SMILES string of the molecule is CC/C=C\C/C=C\C/C=C\C/C=C\C/C=C\C/C=C\C/C=C\C/C=C\CCCCCCCCCCC(=O)OCC(COC(=O)CCCCCCCCCCCCCCC)OC(=O)CCCCCCCCC/C=C\C/C=C\CCCCC. The molecule has 6 nitrogen and oxygen atoms in total. The van der Waals surface area contributed by atoms with E-state index in [1.54, 1.807) is 0 Å². The smallest absolute Gasteiger partial charge is 0.306 e. The van der Waals surface area contributed by atoms with Crippen LogP contribution in [0.3, 0.4) is 0 Å². The normalized spacial score (nSPS) is 12.9. The van der Waals surface area contributed by atoms with Crippen LogP contribution in [0.2, 0.25) is 0 Å². The van der Waals surface area contributed by atoms with Gasteiger partial charge in [0, 0.05) is 19.3 Å². The van der Waals surface area contributed by atoms with Crippen molar-refractivity contribution in [1.82, 2.24) is 0 Å². The summed E-state index contributed by atoms with van der Waals surface area (Å²) < 4.78 is 16.9. The second-order valence-electron chi connectivity index (χ2n) is 22.4. The lowest BCUT2D eigenvalue weighted by molar-refractivity contribution is -0.167. The molecule has 0 radical (unpaired) electrons. The topological polar surface area (TPSA) is 78.9 Å². The van der Waals surface area contributed by atoms with Crippen molar-refractivity contribution in [1.29, 1.82) is 0 Å². The van der Waals surface area contributed by atoms with Crippen LogP contribution in [0.25, 0.3) is 0 Å². The van der Waals surface area contributed by atoms with Crippen molar-refractivity contribution in [2.75, 3.05) is 13.2 Å². The molecule has 1 atom stereocenters. The molecule has 81 heavy (non-hydrogen) atoms. The third-order valence-corrected chi connectivity index (χ3v) is 14.5. The van der Waals surface area contributed by atoms with Crippen molar-refractivity contribution in [3.8, 4) is 0 Å². The minimum Gasteiger partial charge on any atom is -0.462 e. The number of carbonyl (C=O) groups excluding carboxylic acids is 3. The highest BCUT2D eigenvalue weighted by molar-refractivity contribution is 5.71. The maximum atomic E-state index is 12.9. The Balaban J connectivity index is 4.28. The molecule has 0 saturated carbocycles. The van der Waals surface area contributed by atoms with Crippen LogP contribution >= 0.6 is 0 Å². The van der Waals surface area contributed by atoms with E-state index in [1.807, 2.05) is 0 Å². The van der Waals surface area contributed by atoms with Crippen molar-refractivity contribution in [2.45, 2.75) is 322 Å². The molecular formula is C75H126O6. The molecule has 0 N–H and O–H groups in total. The van der Waals surface area contributed by atoms with Crippen molar-refractivity contribution < 1.29 is 28.6 Å². The van der Waals surface area contributed by atoms with Gasteiger partial charge >= 0.3 is 17.9 Å². The van der Waals surface area contributed by atoms with Crippen molar-refractivity contribution in [3.63, 3.8) is 0 Å². The van der Waals surface area contributed by atoms with Crippen LogP contribution in [0.5, 0.6) is 0 Å². The molecule has 0 aromatic heterocycles. The first-order chi connectivity index (χ1) is 40.0. The lowest BCUT2D eigenvalue weighted by atomic mass is 10.0. The number of hydrogen-bond donors (Lipinski definition) is 0. The number of unbranched alkanes of at least 4 members (excludes halogenated alkanes) is 30. The van der Waals surface area contributed by atoms with E-state index < -0.39 is 6.10 Å². The Kier molecular flexibility index (Phi) is 64.8. The van der Waals surface area contributed by atoms with Crippen molar-refractivity contribution in [3.05, 3.63) is 122 Å². The van der Waals surface area contributed by atoms with Gasteiger partial charge in [-0.2, -0.15) is 0 Å². The van der Waals surface area contributed by atoms with E-state index in [9.17, 15) is 14.4 Å². The summed E-state index contributed by atoms with van der Waals surface area (Å²) in [5.41, 5.74) is 0. The standard InChI is InChI=1S/C75H126O6/c1-4-7-10-13-16-19-22-25-27-29-30-31-32-33-34-35-36-37-38-39-40-41-42-43-44-46-47-50-53-56-59-62-65-68-74(77)80-71-72(70-79-73(76)67-64-61-58-55-52-49-24-21-18-15-12-9-6-3)81-75(78)69-66-63-60-57-54-51-48-45-28-26-23-20-17-14-11-8-5-2/h7,10,16-17,19-20,25-28,30-31,33-34,36-37,39-40,42-43,72H,4-6,8-9,11-15,18,21-24,29,32,35,38,41,44-71H2,1-3H3/b10-7-,19-16-,20-17-,27-25-,28-26-,31-30-,34-33-,37-36-,40-39-,43-42-. The second kappa shape index (κ2) is 68.3. The van der Waals surface area contributed by atoms with Gasteiger partial charge in [-0.15, -0.1) is 0 Å². The first-order valence-electron chi connectivity index (χ1n) is 34.0. The Labute approximate surface area is 501 Å². The number of allylic oxidation sites excluding steroid dienone is 20. The number of esters is 3. The monoisotopic (exact) mass is 1120 g/mol. The Morgan fingerprint density at radius 2 is 0.481 bits per heavy atom. The molecule has 0 bridgehead atoms. The van der Waals surface area contributed by atoms with E-state index in [0.29, 0.717) is 19.3 Å². The van der Waals surface area contributed by atoms with E-state index in [4.69, 9.17) is 14.2 Å². The fraction of sp³-hybridized carbons (Fsp3) is 0.693. The zero-order chi connectivity index (χ0) is 58.5. The summed E-state index contributed by atoms with van der Waals surface area (Å²) in [5.74, 6) is -0.890. The Morgan fingerprint density at radius 1 is 0.259 bits per heavy atom. The van der Waals surface area contributed by atoms with Gasteiger partial charge in [-0.3, -0.25) is 14.4 Å². The molecule has 0 aliphatic heterocycles. The molecular weight excluding hydrogens is 997 g/mol. The number of hydrogen-bond acceptors (Lipinski definition) is 6. The number of ether oxygens (including phenoxy) is 3. The van der Waals surface area contributed by atoms with Crippen LogP contribution in [0.1, 0.15) is 316 Å². The number of rotatable bonds is 61. The molecule has 462 valence electrons. The molecule has 0 spiro atoms. The highest BCUT2D eigenvalue weighted by Gasteiger charge is 2.19. The van der Waals surface area contributed by atoms with Crippen molar-refractivity contribution in [2.24, 2.45) is 0 Å². The minimum absolute atomic E-state index is 0.0822. The van der Waals surface area contributed by atoms with Gasteiger partial charge < -0.3 is 14.2 Å². The van der Waals surface area contributed by atoms with Crippen molar-refractivity contribution >= 4 is 17.9 Å². The third kappa shape index (κ3) is 66.5. The Hall–Kier alpha value is -4.19. The Morgan fingerprint density at radius 3 is 0.778 bits per heavy atom. The lowest BCUT2D eigenvalue weighted by Crippen LogP contribution is -2.30. The van der Waals surface area contributed by atoms with Gasteiger partial charge in [0.15, 0.2) is 6.10 Å². The largest absolute Gasteiger partial charge is 0.462 e. The van der Waals surface area contributed by atoms with Crippen LogP contribution in [0.4, 0.5) is 0 Å². The highest BCUT2D eigenvalue weighted by Crippen LogP contribution is 2.16. The zero-order valence-electron chi connectivity index (χ0n) is 53.0. The van der Waals surface area contributed by atoms with Gasteiger partial charge in [0.05, 0.1) is 0 Å². The summed E-state index contributed by atoms with van der Waals surface area (Å²) in [5, 5.41) is 0. The van der Waals surface area contributed by atoms with Crippen LogP contribution in [-0.2, 0) is 28.6 Å². The lowest BCUT2D eigenvalue weighted by Gasteiger charge is -2.18. The first kappa shape index (κ1) is 76.8. The summed E-state index contributed by atoms with van der Waals surface area (Å²) in [6.45, 7) is 6.51. The van der Waals surface area contributed by atoms with Crippen LogP contribution in [-0.4, -0.2) is 37.2 Å². The van der Waals surface area contributed by atoms with Gasteiger partial charge in [-0.05, 0) is 116 Å². The van der Waals surface area contributed by atoms with E-state index >= 15 is 0 Å². The van der Waals surface area contributed by atoms with E-state index in [0.717, 1.165) is 128 Å². The minimum atomic E-state index is -0.787. The van der Waals surface area contributed by atoms with Gasteiger partial charge in [-0.25, -0.2) is 0 Å². The van der Waals surface area contributed by atoms with Crippen LogP contribution in [0.15, 0.2) is 122 Å². The average Bonchev–Trinajstić information content (AvgIpc) is 3.46. The van der Waals surface area contributed by atoms with E-state index in [-0.39, 0.29) is 31.1 Å². The third-order valence-electron chi connectivity index (χ3n) is 14.5. The summed E-state index contributed by atoms with van der Waals surface area (Å²) in [6.07, 6.45) is 94.9. The van der Waals surface area contributed by atoms with Crippen LogP contribution in [0, 0.1) is 0 Å². The summed E-state index contributed by atoms with van der Waals surface area (Å²) in [4.78, 5) is 38.3. The molecule has 0 aromatic carbocycles. The predicted molar refractivity (Wildman–Crippen MR) is 353 cm³/mol. The summed E-state index contributed by atoms with van der Waals surface area (Å²) >= 11 is 0. The molecule has 6 heteroatoms. The van der Waals surface area contributed by atoms with Gasteiger partial charge in [0.2, 0.25) is 0 Å². The average molecular weight is 1120 g/mol.